The van der Waals surface area contributed by atoms with E-state index in [4.69, 9.17) is 11.6 Å². The van der Waals surface area contributed by atoms with E-state index in [1.165, 1.54) is 30.3 Å². The molecule has 0 aliphatic rings. The van der Waals surface area contributed by atoms with Crippen molar-refractivity contribution < 1.29 is 27.5 Å². The van der Waals surface area contributed by atoms with Gasteiger partial charge in [-0.1, -0.05) is 11.6 Å². The van der Waals surface area contributed by atoms with Crippen molar-refractivity contribution in [2.45, 2.75) is 24.7 Å². The third-order valence-corrected chi connectivity index (χ3v) is 6.54. The van der Waals surface area contributed by atoms with Gasteiger partial charge in [0.05, 0.1) is 22.8 Å². The minimum Gasteiger partial charge on any atom is -0.450 e. The van der Waals surface area contributed by atoms with Crippen LogP contribution in [0, 0.1) is 0 Å². The quantitative estimate of drug-likeness (QED) is 0.625. The lowest BCUT2D eigenvalue weighted by molar-refractivity contribution is -0.116. The lowest BCUT2D eigenvalue weighted by atomic mass is 10.3. The van der Waals surface area contributed by atoms with Crippen molar-refractivity contribution in [3.8, 4) is 0 Å². The molecule has 3 amide bonds. The Kier molecular flexibility index (Phi) is 8.18. The van der Waals surface area contributed by atoms with Gasteiger partial charge in [-0.2, -0.15) is 0 Å². The number of amides is 3. The first-order valence-corrected chi connectivity index (χ1v) is 11.5. The number of nitrogens with one attached hydrogen (secondary N) is 2. The molecule has 0 fully saturated rings. The number of carbonyl (C=O) groups is 3. The Balaban J connectivity index is 1.89. The average molecular weight is 459 g/mol. The maximum Gasteiger partial charge on any atom is 0.414 e. The Morgan fingerprint density at radius 3 is 2.48 bits per heavy atom. The third kappa shape index (κ3) is 6.84. The van der Waals surface area contributed by atoms with Gasteiger partial charge < -0.3 is 10.1 Å². The van der Waals surface area contributed by atoms with Crippen molar-refractivity contribution in [1.82, 2.24) is 5.32 Å². The number of ether oxygens (including phenoxy) is 1. The monoisotopic (exact) mass is 458 g/mol. The number of carbonyl (C=O) groups excluding carboxylic acids is 3. The molecule has 2 rings (SSSR count). The Bertz CT molecular complexity index is 986. The van der Waals surface area contributed by atoms with Gasteiger partial charge in [-0.15, -0.1) is 11.3 Å². The highest BCUT2D eigenvalue weighted by molar-refractivity contribution is 7.91. The van der Waals surface area contributed by atoms with Crippen LogP contribution < -0.4 is 10.6 Å². The molecule has 1 aromatic carbocycles. The number of hydrogen-bond acceptors (Lipinski definition) is 7. The van der Waals surface area contributed by atoms with E-state index >= 15 is 0 Å². The minimum atomic E-state index is -3.53. The second-order valence-corrected chi connectivity index (χ2v) is 9.22. The zero-order chi connectivity index (χ0) is 21.4. The van der Waals surface area contributed by atoms with Gasteiger partial charge in [-0.05, 0) is 49.1 Å². The van der Waals surface area contributed by atoms with Crippen molar-refractivity contribution in [3.63, 3.8) is 0 Å². The van der Waals surface area contributed by atoms with E-state index < -0.39 is 27.7 Å². The summed E-state index contributed by atoms with van der Waals surface area (Å²) in [5.41, 5.74) is 0.116. The lowest BCUT2D eigenvalue weighted by Crippen LogP contribution is -2.31. The van der Waals surface area contributed by atoms with Crippen molar-refractivity contribution >= 4 is 55.7 Å². The maximum absolute atomic E-state index is 12.3. The lowest BCUT2D eigenvalue weighted by Gasteiger charge is -2.08. The van der Waals surface area contributed by atoms with Crippen LogP contribution in [-0.4, -0.2) is 38.7 Å². The molecule has 0 atom stereocenters. The number of halogens is 1. The first-order chi connectivity index (χ1) is 13.7. The largest absolute Gasteiger partial charge is 0.450 e. The van der Waals surface area contributed by atoms with Crippen molar-refractivity contribution in [2.24, 2.45) is 0 Å². The van der Waals surface area contributed by atoms with Crippen LogP contribution in [0.25, 0.3) is 0 Å². The number of benzene rings is 1. The fraction of sp³-hybridized carbons (Fsp3) is 0.278. The van der Waals surface area contributed by atoms with Crippen LogP contribution in [0.1, 0.15) is 30.1 Å². The van der Waals surface area contributed by atoms with Crippen molar-refractivity contribution in [1.29, 1.82) is 0 Å². The molecular formula is C18H19ClN2O6S2. The van der Waals surface area contributed by atoms with Gasteiger partial charge >= 0.3 is 6.09 Å². The molecule has 29 heavy (non-hydrogen) atoms. The predicted octanol–water partition coefficient (Wildman–Crippen LogP) is 3.48. The number of anilines is 1. The van der Waals surface area contributed by atoms with Crippen LogP contribution in [0.5, 0.6) is 0 Å². The van der Waals surface area contributed by atoms with Crippen molar-refractivity contribution in [2.75, 3.05) is 17.7 Å². The molecule has 0 saturated heterocycles. The normalized spacial score (nSPS) is 11.0. The topological polar surface area (TPSA) is 119 Å². The first-order valence-electron chi connectivity index (χ1n) is 8.56. The maximum atomic E-state index is 12.3. The Labute approximate surface area is 177 Å². The predicted molar refractivity (Wildman–Crippen MR) is 110 cm³/mol. The van der Waals surface area contributed by atoms with Crippen LogP contribution in [0.3, 0.4) is 0 Å². The SMILES string of the molecule is CCOC(=O)NC(=O)c1ccsc1NC(=O)CCCS(=O)(=O)c1ccc(Cl)cc1. The fourth-order valence-corrected chi connectivity index (χ4v) is 4.52. The summed E-state index contributed by atoms with van der Waals surface area (Å²) in [6, 6.07) is 7.26. The summed E-state index contributed by atoms with van der Waals surface area (Å²) in [6.07, 6.45) is -0.829. The second kappa shape index (κ2) is 10.4. The van der Waals surface area contributed by atoms with Crippen molar-refractivity contribution in [3.05, 3.63) is 46.3 Å². The number of sulfone groups is 1. The van der Waals surface area contributed by atoms with Gasteiger partial charge in [0.15, 0.2) is 9.84 Å². The number of hydrogen-bond donors (Lipinski definition) is 2. The summed E-state index contributed by atoms with van der Waals surface area (Å²) in [7, 11) is -3.53. The Morgan fingerprint density at radius 2 is 1.83 bits per heavy atom. The fourth-order valence-electron chi connectivity index (χ4n) is 2.28. The van der Waals surface area contributed by atoms with E-state index in [0.29, 0.717) is 5.02 Å². The molecule has 0 spiro atoms. The standard InChI is InChI=1S/C18H19ClN2O6S2/c1-2-27-18(24)21-16(23)14-9-10-28-17(14)20-15(22)4-3-11-29(25,26)13-7-5-12(19)6-8-13/h5-10H,2-4,11H2,1H3,(H,20,22)(H,21,23,24). The van der Waals surface area contributed by atoms with E-state index in [1.54, 1.807) is 12.3 Å². The summed E-state index contributed by atoms with van der Waals surface area (Å²) in [4.78, 5) is 35.7. The van der Waals surface area contributed by atoms with Gasteiger partial charge in [-0.3, -0.25) is 14.9 Å². The second-order valence-electron chi connectivity index (χ2n) is 5.76. The summed E-state index contributed by atoms with van der Waals surface area (Å²) >= 11 is 6.86. The molecule has 0 radical (unpaired) electrons. The first kappa shape index (κ1) is 22.9. The molecule has 156 valence electrons. The number of thiophene rings is 1. The number of rotatable bonds is 8. The number of alkyl carbamates (subject to hydrolysis) is 1. The van der Waals surface area contributed by atoms with E-state index in [9.17, 15) is 22.8 Å². The van der Waals surface area contributed by atoms with E-state index in [-0.39, 0.29) is 40.7 Å². The van der Waals surface area contributed by atoms with Crippen LogP contribution >= 0.6 is 22.9 Å². The molecule has 1 aromatic heterocycles. The Morgan fingerprint density at radius 1 is 1.14 bits per heavy atom. The minimum absolute atomic E-state index is 0.0519. The molecule has 0 aliphatic heterocycles. The highest BCUT2D eigenvalue weighted by Crippen LogP contribution is 2.24. The van der Waals surface area contributed by atoms with Gasteiger partial charge in [0.1, 0.15) is 5.00 Å². The van der Waals surface area contributed by atoms with Gasteiger partial charge in [0, 0.05) is 11.4 Å². The summed E-state index contributed by atoms with van der Waals surface area (Å²) in [5.74, 6) is -1.35. The highest BCUT2D eigenvalue weighted by atomic mass is 35.5. The summed E-state index contributed by atoms with van der Waals surface area (Å²) < 4.78 is 29.2. The molecule has 2 aromatic rings. The smallest absolute Gasteiger partial charge is 0.414 e. The molecule has 0 saturated carbocycles. The van der Waals surface area contributed by atoms with Crippen LogP contribution in [0.2, 0.25) is 5.02 Å². The molecule has 0 bridgehead atoms. The van der Waals surface area contributed by atoms with Gasteiger partial charge in [0.2, 0.25) is 5.91 Å². The molecular weight excluding hydrogens is 440 g/mol. The summed E-state index contributed by atoms with van der Waals surface area (Å²) in [6.45, 7) is 1.72. The third-order valence-electron chi connectivity index (χ3n) is 3.64. The molecule has 0 unspecified atom stereocenters. The van der Waals surface area contributed by atoms with E-state index in [0.717, 1.165) is 11.3 Å². The van der Waals surface area contributed by atoms with Gasteiger partial charge in [-0.25, -0.2) is 13.2 Å². The zero-order valence-corrected chi connectivity index (χ0v) is 17.8. The van der Waals surface area contributed by atoms with Crippen LogP contribution in [0.4, 0.5) is 9.80 Å². The van der Waals surface area contributed by atoms with E-state index in [2.05, 4.69) is 10.1 Å². The van der Waals surface area contributed by atoms with Crippen LogP contribution in [0.15, 0.2) is 40.6 Å². The molecule has 2 N–H and O–H groups in total. The molecule has 1 heterocycles. The Hall–Kier alpha value is -2.43. The molecule has 0 aliphatic carbocycles. The molecule has 8 nitrogen and oxygen atoms in total. The average Bonchev–Trinajstić information content (AvgIpc) is 3.10. The highest BCUT2D eigenvalue weighted by Gasteiger charge is 2.19. The summed E-state index contributed by atoms with van der Waals surface area (Å²) in [5, 5.41) is 6.89. The molecule has 11 heteroatoms. The van der Waals surface area contributed by atoms with Crippen LogP contribution in [-0.2, 0) is 19.4 Å². The number of imide groups is 1. The van der Waals surface area contributed by atoms with E-state index in [1.807, 2.05) is 5.32 Å². The van der Waals surface area contributed by atoms with Gasteiger partial charge in [0.25, 0.3) is 5.91 Å². The zero-order valence-electron chi connectivity index (χ0n) is 15.4.